The number of fused-ring (bicyclic) bond motifs is 1. The third-order valence-corrected chi connectivity index (χ3v) is 4.65. The van der Waals surface area contributed by atoms with Crippen LogP contribution in [0, 0.1) is 0 Å². The van der Waals surface area contributed by atoms with Crippen molar-refractivity contribution in [2.75, 3.05) is 33.7 Å². The molecule has 1 unspecified atom stereocenters. The van der Waals surface area contributed by atoms with Gasteiger partial charge in [-0.05, 0) is 32.7 Å². The van der Waals surface area contributed by atoms with Gasteiger partial charge in [0.15, 0.2) is 5.69 Å². The molecule has 1 saturated heterocycles. The lowest BCUT2D eigenvalue weighted by molar-refractivity contribution is -0.126. The highest BCUT2D eigenvalue weighted by Crippen LogP contribution is 2.24. The number of likely N-dealkylation sites (N-methyl/N-ethyl adjacent to an activating group) is 2. The number of nitrogens with zero attached hydrogens (tertiary/aromatic N) is 3. The molecule has 2 amide bonds. The molecule has 7 heteroatoms. The van der Waals surface area contributed by atoms with E-state index < -0.39 is 6.04 Å². The van der Waals surface area contributed by atoms with Crippen LogP contribution in [-0.2, 0) is 17.6 Å². The molecule has 0 aromatic carbocycles. The van der Waals surface area contributed by atoms with E-state index in [1.807, 2.05) is 7.05 Å². The van der Waals surface area contributed by atoms with Crippen LogP contribution in [0.1, 0.15) is 34.6 Å². The lowest BCUT2D eigenvalue weighted by atomic mass is 9.95. The van der Waals surface area contributed by atoms with Gasteiger partial charge in [0.2, 0.25) is 5.91 Å². The third-order valence-electron chi connectivity index (χ3n) is 4.65. The van der Waals surface area contributed by atoms with E-state index in [0.29, 0.717) is 18.8 Å². The van der Waals surface area contributed by atoms with Crippen LogP contribution in [0.15, 0.2) is 0 Å². The number of aromatic amines is 1. The molecular formula is C15H23N5O2. The normalized spacial score (nSPS) is 22.3. The molecule has 3 rings (SSSR count). The number of aryl methyl sites for hydroxylation is 1. The summed E-state index contributed by atoms with van der Waals surface area (Å²) in [6.07, 6.45) is 4.08. The van der Waals surface area contributed by atoms with E-state index in [1.54, 1.807) is 11.9 Å². The zero-order valence-corrected chi connectivity index (χ0v) is 13.2. The smallest absolute Gasteiger partial charge is 0.275 e. The lowest BCUT2D eigenvalue weighted by Gasteiger charge is -2.38. The zero-order chi connectivity index (χ0) is 15.7. The van der Waals surface area contributed by atoms with E-state index >= 15 is 0 Å². The monoisotopic (exact) mass is 305 g/mol. The predicted octanol–water partition coefficient (Wildman–Crippen LogP) is -0.209. The second-order valence-electron chi connectivity index (χ2n) is 6.13. The summed E-state index contributed by atoms with van der Waals surface area (Å²) in [7, 11) is 3.57. The maximum absolute atomic E-state index is 12.9. The third kappa shape index (κ3) is 2.61. The number of carbonyl (C=O) groups is 2. The average Bonchev–Trinajstić information content (AvgIpc) is 2.97. The first kappa shape index (κ1) is 15.0. The molecule has 1 aromatic heterocycles. The van der Waals surface area contributed by atoms with E-state index in [0.717, 1.165) is 43.5 Å². The van der Waals surface area contributed by atoms with Crippen molar-refractivity contribution in [2.45, 2.75) is 31.7 Å². The molecule has 1 aliphatic heterocycles. The number of rotatable bonds is 2. The Morgan fingerprint density at radius 1 is 1.27 bits per heavy atom. The van der Waals surface area contributed by atoms with Crippen molar-refractivity contribution < 1.29 is 9.59 Å². The number of carbonyl (C=O) groups excluding carboxylic acids is 2. The fourth-order valence-electron chi connectivity index (χ4n) is 3.35. The van der Waals surface area contributed by atoms with Crippen molar-refractivity contribution in [3.05, 3.63) is 17.0 Å². The molecule has 2 heterocycles. The molecule has 2 aliphatic rings. The van der Waals surface area contributed by atoms with Crippen molar-refractivity contribution in [3.63, 3.8) is 0 Å². The highest BCUT2D eigenvalue weighted by Gasteiger charge is 2.36. The Kier molecular flexibility index (Phi) is 4.15. The van der Waals surface area contributed by atoms with Crippen molar-refractivity contribution in [2.24, 2.45) is 0 Å². The van der Waals surface area contributed by atoms with Gasteiger partial charge >= 0.3 is 0 Å². The molecule has 1 aliphatic carbocycles. The van der Waals surface area contributed by atoms with Crippen molar-refractivity contribution in [3.8, 4) is 0 Å². The first-order chi connectivity index (χ1) is 10.6. The number of nitrogens with one attached hydrogen (secondary N) is 2. The summed E-state index contributed by atoms with van der Waals surface area (Å²) >= 11 is 0. The van der Waals surface area contributed by atoms with Crippen LogP contribution in [0.3, 0.4) is 0 Å². The van der Waals surface area contributed by atoms with Crippen LogP contribution < -0.4 is 5.32 Å². The minimum atomic E-state index is -0.452. The second kappa shape index (κ2) is 6.08. The van der Waals surface area contributed by atoms with Gasteiger partial charge in [0.1, 0.15) is 6.04 Å². The molecule has 0 spiro atoms. The molecule has 1 fully saturated rings. The topological polar surface area (TPSA) is 81.3 Å². The Morgan fingerprint density at radius 2 is 2.05 bits per heavy atom. The van der Waals surface area contributed by atoms with Gasteiger partial charge in [-0.3, -0.25) is 14.7 Å². The maximum Gasteiger partial charge on any atom is 0.275 e. The van der Waals surface area contributed by atoms with Gasteiger partial charge in [0.05, 0.1) is 0 Å². The van der Waals surface area contributed by atoms with E-state index in [9.17, 15) is 9.59 Å². The summed E-state index contributed by atoms with van der Waals surface area (Å²) < 4.78 is 0. The number of piperazine rings is 1. The number of amides is 2. The highest BCUT2D eigenvalue weighted by atomic mass is 16.2. The number of hydrogen-bond acceptors (Lipinski definition) is 4. The summed E-state index contributed by atoms with van der Waals surface area (Å²) in [6, 6.07) is -0.452. The Labute approximate surface area is 130 Å². The number of hydrogen-bond donors (Lipinski definition) is 2. The Bertz CT molecular complexity index is 582. The quantitative estimate of drug-likeness (QED) is 0.792. The first-order valence-electron chi connectivity index (χ1n) is 7.89. The largest absolute Gasteiger partial charge is 0.357 e. The fourth-order valence-corrected chi connectivity index (χ4v) is 3.35. The molecule has 120 valence electrons. The standard InChI is InChI=1S/C15H23N5O2/c1-16-14(21)12-9-19(2)7-8-20(12)15(22)13-10-5-3-4-6-11(10)17-18-13/h12H,3-9H2,1-2H3,(H,16,21)(H,17,18). The molecule has 0 radical (unpaired) electrons. The summed E-state index contributed by atoms with van der Waals surface area (Å²) in [6.45, 7) is 1.87. The lowest BCUT2D eigenvalue weighted by Crippen LogP contribution is -2.59. The average molecular weight is 305 g/mol. The summed E-state index contributed by atoms with van der Waals surface area (Å²) in [4.78, 5) is 28.8. The summed E-state index contributed by atoms with van der Waals surface area (Å²) in [5, 5.41) is 9.91. The maximum atomic E-state index is 12.9. The van der Waals surface area contributed by atoms with Crippen LogP contribution >= 0.6 is 0 Å². The molecule has 0 bridgehead atoms. The minimum absolute atomic E-state index is 0.121. The highest BCUT2D eigenvalue weighted by molar-refractivity contribution is 5.97. The second-order valence-corrected chi connectivity index (χ2v) is 6.13. The molecule has 2 N–H and O–H groups in total. The SMILES string of the molecule is CNC(=O)C1CN(C)CCN1C(=O)c1n[nH]c2c1CCCC2. The van der Waals surface area contributed by atoms with Crippen LogP contribution in [0.25, 0.3) is 0 Å². The zero-order valence-electron chi connectivity index (χ0n) is 13.2. The van der Waals surface area contributed by atoms with Gasteiger partial charge < -0.3 is 15.1 Å². The summed E-state index contributed by atoms with van der Waals surface area (Å²) in [5.41, 5.74) is 2.64. The van der Waals surface area contributed by atoms with E-state index in [2.05, 4.69) is 20.4 Å². The van der Waals surface area contributed by atoms with Gasteiger partial charge in [0.25, 0.3) is 5.91 Å². The van der Waals surface area contributed by atoms with E-state index in [1.165, 1.54) is 0 Å². The molecule has 0 saturated carbocycles. The fraction of sp³-hybridized carbons (Fsp3) is 0.667. The van der Waals surface area contributed by atoms with Crippen LogP contribution in [0.5, 0.6) is 0 Å². The van der Waals surface area contributed by atoms with E-state index in [-0.39, 0.29) is 11.8 Å². The van der Waals surface area contributed by atoms with Crippen molar-refractivity contribution in [1.29, 1.82) is 0 Å². The molecule has 7 nitrogen and oxygen atoms in total. The van der Waals surface area contributed by atoms with Crippen LogP contribution in [-0.4, -0.2) is 71.6 Å². The number of H-pyrrole nitrogens is 1. The number of aromatic nitrogens is 2. The van der Waals surface area contributed by atoms with Crippen molar-refractivity contribution in [1.82, 2.24) is 25.3 Å². The molecule has 1 atom stereocenters. The van der Waals surface area contributed by atoms with E-state index in [4.69, 9.17) is 0 Å². The minimum Gasteiger partial charge on any atom is -0.357 e. The Hall–Kier alpha value is -1.89. The van der Waals surface area contributed by atoms with Crippen LogP contribution in [0.4, 0.5) is 0 Å². The molecule has 22 heavy (non-hydrogen) atoms. The molecule has 1 aromatic rings. The van der Waals surface area contributed by atoms with Gasteiger partial charge in [-0.1, -0.05) is 0 Å². The molecular weight excluding hydrogens is 282 g/mol. The Morgan fingerprint density at radius 3 is 2.82 bits per heavy atom. The van der Waals surface area contributed by atoms with Crippen molar-refractivity contribution >= 4 is 11.8 Å². The van der Waals surface area contributed by atoms with Gasteiger partial charge in [-0.25, -0.2) is 0 Å². The first-order valence-corrected chi connectivity index (χ1v) is 7.89. The predicted molar refractivity (Wildman–Crippen MR) is 81.6 cm³/mol. The van der Waals surface area contributed by atoms with Crippen LogP contribution in [0.2, 0.25) is 0 Å². The van der Waals surface area contributed by atoms with Gasteiger partial charge in [0, 0.05) is 37.9 Å². The van der Waals surface area contributed by atoms with Gasteiger partial charge in [-0.15, -0.1) is 0 Å². The van der Waals surface area contributed by atoms with Gasteiger partial charge in [-0.2, -0.15) is 5.10 Å². The summed E-state index contributed by atoms with van der Waals surface area (Å²) in [5.74, 6) is -0.245. The Balaban J connectivity index is 1.86.